The van der Waals surface area contributed by atoms with E-state index < -0.39 is 12.0 Å². The van der Waals surface area contributed by atoms with Gasteiger partial charge in [-0.25, -0.2) is 0 Å². The first-order valence-corrected chi connectivity index (χ1v) is 9.19. The molecule has 0 aliphatic rings. The first kappa shape index (κ1) is 15.7. The number of alkyl halides is 3. The molecule has 11 heteroatoms. The van der Waals surface area contributed by atoms with E-state index in [1.165, 1.54) is 17.9 Å². The number of fused-ring (bicyclic) bond motifs is 1. The van der Waals surface area contributed by atoms with E-state index in [-0.39, 0.29) is 32.7 Å². The van der Waals surface area contributed by atoms with Crippen molar-refractivity contribution in [1.29, 1.82) is 0 Å². The molecule has 3 heterocycles. The molecular formula is C12H10AsF3N7. The fraction of sp³-hybridized carbons (Fsp3) is 0.250. The molecule has 0 saturated carbocycles. The summed E-state index contributed by atoms with van der Waals surface area (Å²) < 4.78 is 41.0. The van der Waals surface area contributed by atoms with Gasteiger partial charge in [0.2, 0.25) is 0 Å². The van der Waals surface area contributed by atoms with Crippen LogP contribution in [0.5, 0.6) is 0 Å². The Labute approximate surface area is 135 Å². The number of nitrogens with one attached hydrogen (secondary N) is 1. The Morgan fingerprint density at radius 2 is 1.96 bits per heavy atom. The SMILES string of the molecule is CNc1nc(C(F)(F)F)nc2c1ncn2-c1ccnc([As]C)n1. The summed E-state index contributed by atoms with van der Waals surface area (Å²) in [6.07, 6.45) is -1.72. The normalized spacial score (nSPS) is 12.4. The molecule has 3 rings (SSSR count). The number of anilines is 1. The molecular weight excluding hydrogens is 374 g/mol. The van der Waals surface area contributed by atoms with E-state index in [9.17, 15) is 13.2 Å². The van der Waals surface area contributed by atoms with E-state index in [0.717, 1.165) is 0 Å². The van der Waals surface area contributed by atoms with Crippen molar-refractivity contribution in [2.24, 2.45) is 0 Å². The summed E-state index contributed by atoms with van der Waals surface area (Å²) in [6.45, 7) is 0. The molecule has 3 aromatic heterocycles. The van der Waals surface area contributed by atoms with E-state index in [0.29, 0.717) is 10.4 Å². The van der Waals surface area contributed by atoms with Crippen molar-refractivity contribution in [3.05, 3.63) is 24.4 Å². The van der Waals surface area contributed by atoms with Gasteiger partial charge in [0.15, 0.2) is 0 Å². The molecule has 0 aliphatic heterocycles. The van der Waals surface area contributed by atoms with Gasteiger partial charge in [0.25, 0.3) is 0 Å². The predicted molar refractivity (Wildman–Crippen MR) is 78.1 cm³/mol. The van der Waals surface area contributed by atoms with Crippen LogP contribution in [0.1, 0.15) is 5.82 Å². The third kappa shape index (κ3) is 2.86. The molecule has 0 bridgehead atoms. The van der Waals surface area contributed by atoms with Gasteiger partial charge in [-0.15, -0.1) is 0 Å². The molecule has 1 N–H and O–H groups in total. The Bertz CT molecular complexity index is 861. The third-order valence-electron chi connectivity index (χ3n) is 2.96. The molecule has 0 atom stereocenters. The second-order valence-corrected chi connectivity index (χ2v) is 6.15. The molecule has 0 amide bonds. The Balaban J connectivity index is 2.26. The molecule has 3 aromatic rings. The minimum absolute atomic E-state index is 0.0113. The summed E-state index contributed by atoms with van der Waals surface area (Å²) in [5.74, 6) is -0.798. The Hall–Kier alpha value is -2.22. The van der Waals surface area contributed by atoms with Crippen molar-refractivity contribution in [3.8, 4) is 5.82 Å². The number of rotatable bonds is 3. The molecule has 0 spiro atoms. The van der Waals surface area contributed by atoms with Gasteiger partial charge >= 0.3 is 134 Å². The summed E-state index contributed by atoms with van der Waals surface area (Å²) in [6, 6.07) is 1.59. The minimum atomic E-state index is -4.65. The summed E-state index contributed by atoms with van der Waals surface area (Å²) in [5, 5.41) is 2.61. The zero-order chi connectivity index (χ0) is 16.6. The van der Waals surface area contributed by atoms with Crippen molar-refractivity contribution >= 4 is 37.3 Å². The molecule has 0 unspecified atom stereocenters. The summed E-state index contributed by atoms with van der Waals surface area (Å²) in [4.78, 5) is 19.6. The fourth-order valence-electron chi connectivity index (χ4n) is 1.95. The maximum absolute atomic E-state index is 13.0. The molecule has 0 fully saturated rings. The van der Waals surface area contributed by atoms with Crippen molar-refractivity contribution in [1.82, 2.24) is 29.5 Å². The van der Waals surface area contributed by atoms with Gasteiger partial charge in [0.05, 0.1) is 0 Å². The first-order chi connectivity index (χ1) is 10.9. The summed E-state index contributed by atoms with van der Waals surface area (Å²) in [7, 11) is 1.48. The molecule has 0 saturated heterocycles. The number of hydrogen-bond acceptors (Lipinski definition) is 6. The second-order valence-electron chi connectivity index (χ2n) is 4.37. The van der Waals surface area contributed by atoms with Gasteiger partial charge in [-0.3, -0.25) is 0 Å². The van der Waals surface area contributed by atoms with E-state index in [1.807, 2.05) is 5.71 Å². The van der Waals surface area contributed by atoms with Crippen LogP contribution < -0.4 is 9.93 Å². The van der Waals surface area contributed by atoms with Gasteiger partial charge in [0, 0.05) is 0 Å². The number of imidazole rings is 1. The summed E-state index contributed by atoms with van der Waals surface area (Å²) in [5.41, 5.74) is 2.25. The van der Waals surface area contributed by atoms with Crippen LogP contribution in [0.2, 0.25) is 5.71 Å². The second kappa shape index (κ2) is 5.77. The van der Waals surface area contributed by atoms with Crippen LogP contribution in [-0.2, 0) is 6.18 Å². The topological polar surface area (TPSA) is 81.4 Å². The van der Waals surface area contributed by atoms with E-state index in [4.69, 9.17) is 0 Å². The molecule has 23 heavy (non-hydrogen) atoms. The van der Waals surface area contributed by atoms with Crippen LogP contribution >= 0.6 is 0 Å². The van der Waals surface area contributed by atoms with E-state index in [1.54, 1.807) is 12.3 Å². The van der Waals surface area contributed by atoms with Crippen LogP contribution in [0.25, 0.3) is 17.0 Å². The zero-order valence-electron chi connectivity index (χ0n) is 12.0. The molecule has 1 radical (unpaired) electrons. The van der Waals surface area contributed by atoms with Crippen molar-refractivity contribution in [2.45, 2.75) is 11.9 Å². The van der Waals surface area contributed by atoms with Gasteiger partial charge in [-0.1, -0.05) is 0 Å². The Morgan fingerprint density at radius 3 is 2.61 bits per heavy atom. The van der Waals surface area contributed by atoms with Crippen LogP contribution in [-0.4, -0.2) is 52.3 Å². The van der Waals surface area contributed by atoms with Gasteiger partial charge in [-0.05, 0) is 0 Å². The van der Waals surface area contributed by atoms with Gasteiger partial charge in [0.1, 0.15) is 0 Å². The van der Waals surface area contributed by atoms with Crippen LogP contribution in [0.4, 0.5) is 19.0 Å². The summed E-state index contributed by atoms with van der Waals surface area (Å²) >= 11 is -0.205. The Kier molecular flexibility index (Phi) is 3.93. The molecule has 7 nitrogen and oxygen atoms in total. The average molecular weight is 384 g/mol. The van der Waals surface area contributed by atoms with Crippen molar-refractivity contribution < 1.29 is 13.2 Å². The first-order valence-electron chi connectivity index (χ1n) is 6.37. The molecule has 0 aliphatic carbocycles. The maximum atomic E-state index is 13.0. The van der Waals surface area contributed by atoms with Crippen LogP contribution in [0.15, 0.2) is 18.6 Å². The van der Waals surface area contributed by atoms with Crippen molar-refractivity contribution in [3.63, 3.8) is 0 Å². The Morgan fingerprint density at radius 1 is 1.17 bits per heavy atom. The quantitative estimate of drug-likeness (QED) is 0.680. The molecule has 0 aromatic carbocycles. The number of hydrogen-bond donors (Lipinski definition) is 1. The van der Waals surface area contributed by atoms with Gasteiger partial charge in [-0.2, -0.15) is 0 Å². The number of halogens is 3. The third-order valence-corrected chi connectivity index (χ3v) is 4.25. The molecule has 119 valence electrons. The monoisotopic (exact) mass is 384 g/mol. The number of nitrogens with zero attached hydrogens (tertiary/aromatic N) is 6. The van der Waals surface area contributed by atoms with Gasteiger partial charge < -0.3 is 0 Å². The van der Waals surface area contributed by atoms with E-state index >= 15 is 0 Å². The standard InChI is InChI=1S/C12H10AsF3N7/c1-13-11-18-4-3-6(20-11)23-5-19-7-8(17-2)21-10(12(14,15)16)22-9(7)23/h3-5H,1-2H3,(H,17,21,22). The average Bonchev–Trinajstić information content (AvgIpc) is 2.97. The number of aromatic nitrogens is 6. The zero-order valence-corrected chi connectivity index (χ0v) is 13.9. The predicted octanol–water partition coefficient (Wildman–Crippen LogP) is 1.04. The van der Waals surface area contributed by atoms with Crippen LogP contribution in [0, 0.1) is 0 Å². The fourth-order valence-corrected chi connectivity index (χ4v) is 2.76. The van der Waals surface area contributed by atoms with Crippen molar-refractivity contribution in [2.75, 3.05) is 12.4 Å². The van der Waals surface area contributed by atoms with E-state index in [2.05, 4.69) is 30.2 Å². The van der Waals surface area contributed by atoms with Crippen LogP contribution in [0.3, 0.4) is 0 Å².